The van der Waals surface area contributed by atoms with Crippen molar-refractivity contribution >= 4 is 28.8 Å². The fraction of sp³-hybridized carbons (Fsp3) is 0.208. The number of hydrogen-bond acceptors (Lipinski definition) is 4. The van der Waals surface area contributed by atoms with Gasteiger partial charge in [-0.05, 0) is 54.3 Å². The summed E-state index contributed by atoms with van der Waals surface area (Å²) in [6.07, 6.45) is 1.62. The minimum absolute atomic E-state index is 0.0508. The number of amides is 1. The van der Waals surface area contributed by atoms with Crippen LogP contribution in [0.4, 0.5) is 17.1 Å². The first kappa shape index (κ1) is 20.3. The first-order chi connectivity index (χ1) is 13.7. The van der Waals surface area contributed by atoms with Gasteiger partial charge in [0.25, 0.3) is 5.91 Å². The molecule has 5 heteroatoms. The molecule has 0 bridgehead atoms. The molecule has 0 saturated heterocycles. The van der Waals surface area contributed by atoms with Crippen molar-refractivity contribution in [2.75, 3.05) is 10.6 Å². The smallest absolute Gasteiger partial charge is 0.274 e. The van der Waals surface area contributed by atoms with Crippen LogP contribution >= 0.6 is 0 Å². The van der Waals surface area contributed by atoms with E-state index in [4.69, 9.17) is 0 Å². The van der Waals surface area contributed by atoms with Gasteiger partial charge in [-0.25, -0.2) is 4.98 Å². The Labute approximate surface area is 171 Å². The number of ketones is 1. The monoisotopic (exact) mass is 387 g/mol. The van der Waals surface area contributed by atoms with Gasteiger partial charge in [-0.1, -0.05) is 45.0 Å². The van der Waals surface area contributed by atoms with E-state index in [1.165, 1.54) is 12.5 Å². The van der Waals surface area contributed by atoms with Gasteiger partial charge in [-0.15, -0.1) is 0 Å². The molecule has 0 aliphatic carbocycles. The summed E-state index contributed by atoms with van der Waals surface area (Å²) >= 11 is 0. The number of aromatic nitrogens is 1. The van der Waals surface area contributed by atoms with Crippen LogP contribution in [0.2, 0.25) is 0 Å². The third-order valence-corrected chi connectivity index (χ3v) is 4.56. The molecule has 0 saturated carbocycles. The summed E-state index contributed by atoms with van der Waals surface area (Å²) in [4.78, 5) is 28.1. The first-order valence-corrected chi connectivity index (χ1v) is 9.48. The number of carbonyl (C=O) groups excluding carboxylic acids is 2. The van der Waals surface area contributed by atoms with E-state index in [1.54, 1.807) is 36.5 Å². The molecule has 0 fully saturated rings. The van der Waals surface area contributed by atoms with Crippen LogP contribution in [0.1, 0.15) is 54.1 Å². The number of anilines is 3. The number of nitrogens with one attached hydrogen (secondary N) is 2. The summed E-state index contributed by atoms with van der Waals surface area (Å²) in [5.74, 6) is -0.378. The fourth-order valence-electron chi connectivity index (χ4n) is 2.83. The highest BCUT2D eigenvalue weighted by atomic mass is 16.2. The Balaban J connectivity index is 1.66. The Kier molecular flexibility index (Phi) is 5.78. The second-order valence-electron chi connectivity index (χ2n) is 7.98. The first-order valence-electron chi connectivity index (χ1n) is 9.48. The van der Waals surface area contributed by atoms with Gasteiger partial charge < -0.3 is 10.6 Å². The SMILES string of the molecule is CC(=O)c1cccc(NC(=O)c2ccc(Nc3ccc(C(C)(C)C)cc3)cn2)c1. The molecule has 29 heavy (non-hydrogen) atoms. The van der Waals surface area contributed by atoms with Crippen molar-refractivity contribution in [3.8, 4) is 0 Å². The summed E-state index contributed by atoms with van der Waals surface area (Å²) in [6, 6.07) is 18.6. The highest BCUT2D eigenvalue weighted by molar-refractivity contribution is 6.04. The van der Waals surface area contributed by atoms with Crippen molar-refractivity contribution in [2.45, 2.75) is 33.1 Å². The molecule has 2 aromatic carbocycles. The largest absolute Gasteiger partial charge is 0.354 e. The van der Waals surface area contributed by atoms with Gasteiger partial charge in [0.1, 0.15) is 5.69 Å². The number of pyridine rings is 1. The number of benzene rings is 2. The van der Waals surface area contributed by atoms with Crippen LogP contribution in [0.15, 0.2) is 66.9 Å². The summed E-state index contributed by atoms with van der Waals surface area (Å²) in [5, 5.41) is 6.06. The van der Waals surface area contributed by atoms with E-state index >= 15 is 0 Å². The molecule has 0 unspecified atom stereocenters. The Morgan fingerprint density at radius 2 is 1.55 bits per heavy atom. The zero-order chi connectivity index (χ0) is 21.0. The van der Waals surface area contributed by atoms with Gasteiger partial charge in [0.05, 0.1) is 11.9 Å². The normalized spacial score (nSPS) is 11.0. The Morgan fingerprint density at radius 1 is 0.862 bits per heavy atom. The van der Waals surface area contributed by atoms with Crippen LogP contribution in [-0.4, -0.2) is 16.7 Å². The molecule has 1 heterocycles. The fourth-order valence-corrected chi connectivity index (χ4v) is 2.83. The Bertz CT molecular complexity index is 1020. The molecule has 5 nitrogen and oxygen atoms in total. The minimum Gasteiger partial charge on any atom is -0.354 e. The van der Waals surface area contributed by atoms with Crippen LogP contribution in [-0.2, 0) is 5.41 Å². The van der Waals surface area contributed by atoms with Gasteiger partial charge in [0.15, 0.2) is 5.78 Å². The molecule has 0 spiro atoms. The zero-order valence-corrected chi connectivity index (χ0v) is 17.1. The van der Waals surface area contributed by atoms with E-state index in [2.05, 4.69) is 48.5 Å². The standard InChI is InChI=1S/C24H25N3O2/c1-16(28)17-6-5-7-20(14-17)27-23(29)22-13-12-21(15-25-22)26-19-10-8-18(9-11-19)24(2,3)4/h5-15,26H,1-4H3,(H,27,29). The average Bonchev–Trinajstić information content (AvgIpc) is 2.68. The molecule has 0 atom stereocenters. The molecule has 0 aliphatic rings. The maximum Gasteiger partial charge on any atom is 0.274 e. The molecule has 148 valence electrons. The van der Waals surface area contributed by atoms with Gasteiger partial charge in [0.2, 0.25) is 0 Å². The van der Waals surface area contributed by atoms with Gasteiger partial charge in [0, 0.05) is 16.9 Å². The number of rotatable bonds is 5. The second-order valence-corrected chi connectivity index (χ2v) is 7.98. The second kappa shape index (κ2) is 8.27. The molecule has 1 amide bonds. The molecule has 3 rings (SSSR count). The molecule has 1 aromatic heterocycles. The lowest BCUT2D eigenvalue weighted by atomic mass is 9.87. The quantitative estimate of drug-likeness (QED) is 0.561. The van der Waals surface area contributed by atoms with Crippen LogP contribution in [0.5, 0.6) is 0 Å². The van der Waals surface area contributed by atoms with E-state index in [0.717, 1.165) is 11.4 Å². The number of carbonyl (C=O) groups is 2. The third-order valence-electron chi connectivity index (χ3n) is 4.56. The number of nitrogens with zero attached hydrogens (tertiary/aromatic N) is 1. The maximum atomic E-state index is 12.4. The topological polar surface area (TPSA) is 71.1 Å². The highest BCUT2D eigenvalue weighted by Gasteiger charge is 2.13. The van der Waals surface area contributed by atoms with E-state index in [0.29, 0.717) is 16.9 Å². The van der Waals surface area contributed by atoms with Crippen molar-refractivity contribution in [3.05, 3.63) is 83.7 Å². The predicted octanol–water partition coefficient (Wildman–Crippen LogP) is 5.58. The van der Waals surface area contributed by atoms with Crippen LogP contribution in [0.3, 0.4) is 0 Å². The predicted molar refractivity (Wildman–Crippen MR) is 117 cm³/mol. The van der Waals surface area contributed by atoms with Crippen molar-refractivity contribution in [3.63, 3.8) is 0 Å². The third kappa shape index (κ3) is 5.29. The van der Waals surface area contributed by atoms with E-state index in [1.807, 2.05) is 18.2 Å². The van der Waals surface area contributed by atoms with Gasteiger partial charge in [-0.2, -0.15) is 0 Å². The molecule has 2 N–H and O–H groups in total. The van der Waals surface area contributed by atoms with Crippen molar-refractivity contribution in [1.29, 1.82) is 0 Å². The van der Waals surface area contributed by atoms with Crippen molar-refractivity contribution in [1.82, 2.24) is 4.98 Å². The van der Waals surface area contributed by atoms with Crippen LogP contribution < -0.4 is 10.6 Å². The maximum absolute atomic E-state index is 12.4. The lowest BCUT2D eigenvalue weighted by Gasteiger charge is -2.19. The summed E-state index contributed by atoms with van der Waals surface area (Å²) in [7, 11) is 0. The highest BCUT2D eigenvalue weighted by Crippen LogP contribution is 2.25. The molecular weight excluding hydrogens is 362 g/mol. The minimum atomic E-state index is -0.327. The lowest BCUT2D eigenvalue weighted by molar-refractivity contribution is 0.100. The summed E-state index contributed by atoms with van der Waals surface area (Å²) in [5.41, 5.74) is 4.54. The Hall–Kier alpha value is -3.47. The molecular formula is C24H25N3O2. The van der Waals surface area contributed by atoms with E-state index in [-0.39, 0.29) is 17.1 Å². The Morgan fingerprint density at radius 3 is 2.14 bits per heavy atom. The molecule has 0 radical (unpaired) electrons. The summed E-state index contributed by atoms with van der Waals surface area (Å²) in [6.45, 7) is 8.03. The van der Waals surface area contributed by atoms with Crippen molar-refractivity contribution in [2.24, 2.45) is 0 Å². The van der Waals surface area contributed by atoms with Gasteiger partial charge >= 0.3 is 0 Å². The molecule has 3 aromatic rings. The zero-order valence-electron chi connectivity index (χ0n) is 17.1. The molecule has 0 aliphatic heterocycles. The average molecular weight is 387 g/mol. The lowest BCUT2D eigenvalue weighted by Crippen LogP contribution is -2.14. The summed E-state index contributed by atoms with van der Waals surface area (Å²) < 4.78 is 0. The van der Waals surface area contributed by atoms with Crippen LogP contribution in [0, 0.1) is 0 Å². The van der Waals surface area contributed by atoms with Crippen LogP contribution in [0.25, 0.3) is 0 Å². The van der Waals surface area contributed by atoms with E-state index < -0.39 is 0 Å². The van der Waals surface area contributed by atoms with Crippen molar-refractivity contribution < 1.29 is 9.59 Å². The number of hydrogen-bond donors (Lipinski definition) is 2. The van der Waals surface area contributed by atoms with E-state index in [9.17, 15) is 9.59 Å². The number of Topliss-reactive ketones (excluding diaryl/α,β-unsaturated/α-hetero) is 1. The van der Waals surface area contributed by atoms with Gasteiger partial charge in [-0.3, -0.25) is 9.59 Å².